The van der Waals surface area contributed by atoms with Gasteiger partial charge in [-0.25, -0.2) is 0 Å². The third-order valence-corrected chi connectivity index (χ3v) is 3.71. The van der Waals surface area contributed by atoms with E-state index in [9.17, 15) is 4.79 Å². The van der Waals surface area contributed by atoms with Gasteiger partial charge in [0.25, 0.3) is 0 Å². The number of benzene rings is 2. The molecule has 2 aromatic carbocycles. The lowest BCUT2D eigenvalue weighted by molar-refractivity contribution is -0.127. The minimum absolute atomic E-state index is 0.0559. The molecular weight excluding hydrogens is 318 g/mol. The van der Waals surface area contributed by atoms with Crippen molar-refractivity contribution in [3.05, 3.63) is 42.0 Å². The molecule has 20 heavy (non-hydrogen) atoms. The number of hydrogen-bond donors (Lipinski definition) is 0. The maximum Gasteiger partial charge on any atom is 0.233 e. The van der Waals surface area contributed by atoms with Gasteiger partial charge in [-0.3, -0.25) is 4.79 Å². The number of carbonyl (C=O) groups excluding carboxylic acids is 1. The van der Waals surface area contributed by atoms with Crippen molar-refractivity contribution >= 4 is 32.6 Å². The third-order valence-electron chi connectivity index (χ3n) is 3.23. The van der Waals surface area contributed by atoms with Crippen molar-refractivity contribution in [1.29, 1.82) is 0 Å². The fraction of sp³-hybridized carbons (Fsp3) is 0.312. The SMILES string of the molecule is CCOc1ccc2ccccc2c1CN(C)C(=O)CBr. The van der Waals surface area contributed by atoms with Crippen molar-refractivity contribution < 1.29 is 9.53 Å². The van der Waals surface area contributed by atoms with Crippen molar-refractivity contribution in [2.75, 3.05) is 19.0 Å². The first-order chi connectivity index (χ1) is 9.67. The summed E-state index contributed by atoms with van der Waals surface area (Å²) in [5, 5.41) is 2.62. The van der Waals surface area contributed by atoms with E-state index in [1.54, 1.807) is 11.9 Å². The van der Waals surface area contributed by atoms with Gasteiger partial charge in [0, 0.05) is 19.2 Å². The van der Waals surface area contributed by atoms with Crippen molar-refractivity contribution in [2.24, 2.45) is 0 Å². The maximum atomic E-state index is 11.8. The lowest BCUT2D eigenvalue weighted by atomic mass is 10.0. The normalized spacial score (nSPS) is 10.6. The highest BCUT2D eigenvalue weighted by atomic mass is 79.9. The van der Waals surface area contributed by atoms with Crippen LogP contribution in [0.5, 0.6) is 5.75 Å². The zero-order valence-electron chi connectivity index (χ0n) is 11.7. The van der Waals surface area contributed by atoms with Gasteiger partial charge < -0.3 is 9.64 Å². The molecule has 0 bridgehead atoms. The zero-order valence-corrected chi connectivity index (χ0v) is 13.3. The van der Waals surface area contributed by atoms with E-state index in [1.165, 1.54) is 0 Å². The van der Waals surface area contributed by atoms with E-state index >= 15 is 0 Å². The fourth-order valence-corrected chi connectivity index (χ4v) is 2.63. The molecule has 0 spiro atoms. The van der Waals surface area contributed by atoms with Crippen LogP contribution in [-0.4, -0.2) is 29.8 Å². The monoisotopic (exact) mass is 335 g/mol. The molecule has 2 rings (SSSR count). The first-order valence-electron chi connectivity index (χ1n) is 6.60. The number of hydrogen-bond acceptors (Lipinski definition) is 2. The van der Waals surface area contributed by atoms with Crippen molar-refractivity contribution in [2.45, 2.75) is 13.5 Å². The standard InChI is InChI=1S/C16H18BrNO2/c1-3-20-15-9-8-12-6-4-5-7-13(12)14(15)11-18(2)16(19)10-17/h4-9H,3,10-11H2,1-2H3. The van der Waals surface area contributed by atoms with Crippen molar-refractivity contribution in [3.63, 3.8) is 0 Å². The van der Waals surface area contributed by atoms with Gasteiger partial charge in [-0.1, -0.05) is 46.3 Å². The predicted molar refractivity (Wildman–Crippen MR) is 85.4 cm³/mol. The fourth-order valence-electron chi connectivity index (χ4n) is 2.20. The molecular formula is C16H18BrNO2. The summed E-state index contributed by atoms with van der Waals surface area (Å²) in [4.78, 5) is 13.5. The third kappa shape index (κ3) is 3.12. The Labute approximate surface area is 127 Å². The highest BCUT2D eigenvalue weighted by Gasteiger charge is 2.14. The lowest BCUT2D eigenvalue weighted by Gasteiger charge is -2.20. The predicted octanol–water partition coefficient (Wildman–Crippen LogP) is 3.59. The summed E-state index contributed by atoms with van der Waals surface area (Å²) in [6.07, 6.45) is 0. The van der Waals surface area contributed by atoms with Crippen LogP contribution in [0, 0.1) is 0 Å². The van der Waals surface area contributed by atoms with Crippen LogP contribution in [0.3, 0.4) is 0 Å². The van der Waals surface area contributed by atoms with Crippen LogP contribution in [-0.2, 0) is 11.3 Å². The second kappa shape index (κ2) is 6.75. The summed E-state index contributed by atoms with van der Waals surface area (Å²) < 4.78 is 5.71. The summed E-state index contributed by atoms with van der Waals surface area (Å²) in [6, 6.07) is 12.2. The number of carbonyl (C=O) groups is 1. The van der Waals surface area contributed by atoms with Gasteiger partial charge in [0.1, 0.15) is 5.75 Å². The maximum absolute atomic E-state index is 11.8. The number of amides is 1. The molecule has 3 nitrogen and oxygen atoms in total. The minimum Gasteiger partial charge on any atom is -0.494 e. The van der Waals surface area contributed by atoms with Gasteiger partial charge in [-0.15, -0.1) is 0 Å². The molecule has 0 unspecified atom stereocenters. The van der Waals surface area contributed by atoms with Gasteiger partial charge in [-0.05, 0) is 23.8 Å². The molecule has 2 aromatic rings. The van der Waals surface area contributed by atoms with Crippen LogP contribution in [0.1, 0.15) is 12.5 Å². The molecule has 0 aliphatic heterocycles. The van der Waals surface area contributed by atoms with E-state index in [2.05, 4.69) is 34.1 Å². The van der Waals surface area contributed by atoms with Crippen LogP contribution in [0.2, 0.25) is 0 Å². The lowest BCUT2D eigenvalue weighted by Crippen LogP contribution is -2.27. The Kier molecular flexibility index (Phi) is 5.01. The molecule has 4 heteroatoms. The summed E-state index contributed by atoms with van der Waals surface area (Å²) in [6.45, 7) is 3.12. The molecule has 0 aromatic heterocycles. The van der Waals surface area contributed by atoms with E-state index in [0.29, 0.717) is 18.5 Å². The average molecular weight is 336 g/mol. The molecule has 0 atom stereocenters. The second-order valence-electron chi connectivity index (χ2n) is 4.58. The molecule has 106 valence electrons. The molecule has 0 fully saturated rings. The Bertz CT molecular complexity index is 612. The summed E-state index contributed by atoms with van der Waals surface area (Å²) in [7, 11) is 1.81. The summed E-state index contributed by atoms with van der Waals surface area (Å²) >= 11 is 3.21. The minimum atomic E-state index is 0.0559. The second-order valence-corrected chi connectivity index (χ2v) is 5.14. The van der Waals surface area contributed by atoms with E-state index in [1.807, 2.05) is 25.1 Å². The van der Waals surface area contributed by atoms with Gasteiger partial charge >= 0.3 is 0 Å². The quantitative estimate of drug-likeness (QED) is 0.781. The van der Waals surface area contributed by atoms with Crippen LogP contribution < -0.4 is 4.74 Å². The Hall–Kier alpha value is -1.55. The molecule has 0 saturated heterocycles. The number of ether oxygens (including phenoxy) is 1. The summed E-state index contributed by atoms with van der Waals surface area (Å²) in [5.74, 6) is 0.904. The Morgan fingerprint density at radius 2 is 2.00 bits per heavy atom. The first-order valence-corrected chi connectivity index (χ1v) is 7.72. The van der Waals surface area contributed by atoms with Crippen LogP contribution in [0.4, 0.5) is 0 Å². The molecule has 1 amide bonds. The molecule has 0 saturated carbocycles. The molecule has 0 radical (unpaired) electrons. The highest BCUT2D eigenvalue weighted by molar-refractivity contribution is 9.09. The largest absolute Gasteiger partial charge is 0.494 e. The smallest absolute Gasteiger partial charge is 0.233 e. The Morgan fingerprint density at radius 1 is 1.25 bits per heavy atom. The average Bonchev–Trinajstić information content (AvgIpc) is 2.48. The van der Waals surface area contributed by atoms with E-state index in [0.717, 1.165) is 22.1 Å². The molecule has 0 N–H and O–H groups in total. The van der Waals surface area contributed by atoms with Gasteiger partial charge in [0.2, 0.25) is 5.91 Å². The summed E-state index contributed by atoms with van der Waals surface area (Å²) in [5.41, 5.74) is 1.06. The van der Waals surface area contributed by atoms with Gasteiger partial charge in [0.15, 0.2) is 0 Å². The first kappa shape index (κ1) is 14.9. The van der Waals surface area contributed by atoms with Crippen LogP contribution in [0.25, 0.3) is 10.8 Å². The van der Waals surface area contributed by atoms with Gasteiger partial charge in [-0.2, -0.15) is 0 Å². The molecule has 0 aliphatic rings. The number of nitrogens with zero attached hydrogens (tertiary/aromatic N) is 1. The number of rotatable bonds is 5. The molecule has 0 heterocycles. The van der Waals surface area contributed by atoms with Crippen molar-refractivity contribution in [3.8, 4) is 5.75 Å². The number of halogens is 1. The number of alkyl halides is 1. The Balaban J connectivity index is 2.46. The van der Waals surface area contributed by atoms with E-state index in [-0.39, 0.29) is 5.91 Å². The van der Waals surface area contributed by atoms with Crippen LogP contribution in [0.15, 0.2) is 36.4 Å². The number of fused-ring (bicyclic) bond motifs is 1. The highest BCUT2D eigenvalue weighted by Crippen LogP contribution is 2.29. The van der Waals surface area contributed by atoms with Crippen molar-refractivity contribution in [1.82, 2.24) is 4.90 Å². The van der Waals surface area contributed by atoms with Crippen LogP contribution >= 0.6 is 15.9 Å². The Morgan fingerprint density at radius 3 is 2.70 bits per heavy atom. The van der Waals surface area contributed by atoms with Gasteiger partial charge in [0.05, 0.1) is 11.9 Å². The van der Waals surface area contributed by atoms with E-state index < -0.39 is 0 Å². The topological polar surface area (TPSA) is 29.5 Å². The van der Waals surface area contributed by atoms with E-state index in [4.69, 9.17) is 4.74 Å². The zero-order chi connectivity index (χ0) is 14.5. The molecule has 0 aliphatic carbocycles.